The zero-order valence-electron chi connectivity index (χ0n) is 15.6. The molecule has 2 heterocycles. The summed E-state index contributed by atoms with van der Waals surface area (Å²) in [7, 11) is 0. The van der Waals surface area contributed by atoms with E-state index in [0.717, 1.165) is 0 Å². The Bertz CT molecular complexity index is 933. The Labute approximate surface area is 161 Å². The molecule has 9 nitrogen and oxygen atoms in total. The Morgan fingerprint density at radius 3 is 2.50 bits per heavy atom. The van der Waals surface area contributed by atoms with E-state index < -0.39 is 0 Å². The van der Waals surface area contributed by atoms with E-state index in [9.17, 15) is 9.59 Å². The van der Waals surface area contributed by atoms with Crippen LogP contribution in [0.5, 0.6) is 0 Å². The number of amides is 3. The maximum Gasteiger partial charge on any atom is 0.319 e. The zero-order chi connectivity index (χ0) is 19.9. The normalized spacial score (nSPS) is 10.7. The Morgan fingerprint density at radius 1 is 1.07 bits per heavy atom. The molecule has 0 bridgehead atoms. The number of anilines is 2. The number of carbonyl (C=O) groups excluding carboxylic acids is 2. The number of benzene rings is 1. The van der Waals surface area contributed by atoms with Crippen molar-refractivity contribution in [1.82, 2.24) is 15.5 Å². The number of rotatable bonds is 7. The zero-order valence-corrected chi connectivity index (χ0v) is 15.6. The van der Waals surface area contributed by atoms with Gasteiger partial charge >= 0.3 is 6.03 Å². The summed E-state index contributed by atoms with van der Waals surface area (Å²) < 4.78 is 10.3. The standard InChI is InChI=1S/C19H21N5O4/c1-12(2)20-19(26)22-14-7-4-3-6-13(14)21-16(25)9-10-17-23-18(24-28-17)15-8-5-11-27-15/h3-8,11-12H,9-10H2,1-2H3,(H,21,25)(H2,20,22,26). The highest BCUT2D eigenvalue weighted by Gasteiger charge is 2.14. The first kappa shape index (κ1) is 19.2. The van der Waals surface area contributed by atoms with Crippen LogP contribution in [0, 0.1) is 0 Å². The summed E-state index contributed by atoms with van der Waals surface area (Å²) in [6, 6.07) is 10.1. The van der Waals surface area contributed by atoms with Gasteiger partial charge in [0.1, 0.15) is 0 Å². The predicted molar refractivity (Wildman–Crippen MR) is 103 cm³/mol. The van der Waals surface area contributed by atoms with Gasteiger partial charge in [0.25, 0.3) is 0 Å². The van der Waals surface area contributed by atoms with Crippen LogP contribution in [-0.2, 0) is 11.2 Å². The number of hydrogen-bond donors (Lipinski definition) is 3. The van der Waals surface area contributed by atoms with Gasteiger partial charge in [-0.25, -0.2) is 4.79 Å². The minimum Gasteiger partial charge on any atom is -0.461 e. The van der Waals surface area contributed by atoms with Crippen molar-refractivity contribution in [3.63, 3.8) is 0 Å². The third-order valence-corrected chi connectivity index (χ3v) is 3.64. The second-order valence-corrected chi connectivity index (χ2v) is 6.34. The van der Waals surface area contributed by atoms with Crippen molar-refractivity contribution in [2.75, 3.05) is 10.6 Å². The van der Waals surface area contributed by atoms with Crippen LogP contribution in [0.1, 0.15) is 26.2 Å². The van der Waals surface area contributed by atoms with Gasteiger partial charge in [0.15, 0.2) is 5.76 Å². The molecule has 0 unspecified atom stereocenters. The molecular formula is C19H21N5O4. The molecular weight excluding hydrogens is 362 g/mol. The second kappa shape index (κ2) is 8.85. The Hall–Kier alpha value is -3.62. The lowest BCUT2D eigenvalue weighted by molar-refractivity contribution is -0.116. The molecule has 3 N–H and O–H groups in total. The number of nitrogens with zero attached hydrogens (tertiary/aromatic N) is 2. The third-order valence-electron chi connectivity index (χ3n) is 3.64. The summed E-state index contributed by atoms with van der Waals surface area (Å²) in [6.07, 6.45) is 1.95. The Kier molecular flexibility index (Phi) is 6.05. The number of aromatic nitrogens is 2. The molecule has 3 aromatic rings. The fourth-order valence-corrected chi connectivity index (χ4v) is 2.42. The second-order valence-electron chi connectivity index (χ2n) is 6.34. The highest BCUT2D eigenvalue weighted by atomic mass is 16.5. The molecule has 9 heteroatoms. The fourth-order valence-electron chi connectivity index (χ4n) is 2.42. The minimum absolute atomic E-state index is 0.00206. The van der Waals surface area contributed by atoms with Gasteiger partial charge in [-0.1, -0.05) is 17.3 Å². The first-order chi connectivity index (χ1) is 13.5. The van der Waals surface area contributed by atoms with Gasteiger partial charge < -0.3 is 24.9 Å². The number of para-hydroxylation sites is 2. The number of nitrogens with one attached hydrogen (secondary N) is 3. The summed E-state index contributed by atoms with van der Waals surface area (Å²) in [5.74, 6) is 0.936. The van der Waals surface area contributed by atoms with Crippen molar-refractivity contribution in [1.29, 1.82) is 0 Å². The summed E-state index contributed by atoms with van der Waals surface area (Å²) in [4.78, 5) is 28.4. The molecule has 0 aliphatic rings. The van der Waals surface area contributed by atoms with Crippen molar-refractivity contribution in [2.45, 2.75) is 32.7 Å². The van der Waals surface area contributed by atoms with Crippen LogP contribution in [0.25, 0.3) is 11.6 Å². The topological polar surface area (TPSA) is 122 Å². The molecule has 1 aromatic carbocycles. The van der Waals surface area contributed by atoms with Crippen LogP contribution in [0.2, 0.25) is 0 Å². The number of urea groups is 1. The van der Waals surface area contributed by atoms with E-state index >= 15 is 0 Å². The number of hydrogen-bond acceptors (Lipinski definition) is 6. The van der Waals surface area contributed by atoms with Crippen LogP contribution in [-0.4, -0.2) is 28.1 Å². The van der Waals surface area contributed by atoms with Gasteiger partial charge in [-0.15, -0.1) is 0 Å². The van der Waals surface area contributed by atoms with E-state index in [-0.39, 0.29) is 30.8 Å². The highest BCUT2D eigenvalue weighted by molar-refractivity contribution is 5.99. The van der Waals surface area contributed by atoms with Crippen molar-refractivity contribution in [3.8, 4) is 11.6 Å². The van der Waals surface area contributed by atoms with Crippen molar-refractivity contribution in [3.05, 3.63) is 48.6 Å². The van der Waals surface area contributed by atoms with E-state index in [1.807, 2.05) is 13.8 Å². The summed E-state index contributed by atoms with van der Waals surface area (Å²) in [5, 5.41) is 12.1. The Balaban J connectivity index is 1.56. The maximum atomic E-state index is 12.3. The average molecular weight is 383 g/mol. The lowest BCUT2D eigenvalue weighted by atomic mass is 10.2. The van der Waals surface area contributed by atoms with E-state index in [1.54, 1.807) is 36.4 Å². The van der Waals surface area contributed by atoms with Crippen molar-refractivity contribution >= 4 is 23.3 Å². The quantitative estimate of drug-likeness (QED) is 0.574. The van der Waals surface area contributed by atoms with Gasteiger partial charge in [-0.05, 0) is 38.1 Å². The molecule has 0 aliphatic heterocycles. The molecule has 0 radical (unpaired) electrons. The molecule has 3 amide bonds. The summed E-state index contributed by atoms with van der Waals surface area (Å²) in [5.41, 5.74) is 1.01. The van der Waals surface area contributed by atoms with Gasteiger partial charge in [0.05, 0.1) is 17.6 Å². The average Bonchev–Trinajstić information content (AvgIpc) is 3.32. The molecule has 3 rings (SSSR count). The molecule has 0 atom stereocenters. The molecule has 2 aromatic heterocycles. The molecule has 0 saturated heterocycles. The molecule has 0 aliphatic carbocycles. The van der Waals surface area contributed by atoms with Crippen LogP contribution in [0.4, 0.5) is 16.2 Å². The SMILES string of the molecule is CC(C)NC(=O)Nc1ccccc1NC(=O)CCc1nc(-c2ccco2)no1. The van der Waals surface area contributed by atoms with Crippen LogP contribution < -0.4 is 16.0 Å². The lowest BCUT2D eigenvalue weighted by Crippen LogP contribution is -2.34. The number of carbonyl (C=O) groups is 2. The van der Waals surface area contributed by atoms with Crippen molar-refractivity contribution < 1.29 is 18.5 Å². The predicted octanol–water partition coefficient (Wildman–Crippen LogP) is 3.43. The number of furan rings is 1. The monoisotopic (exact) mass is 383 g/mol. The van der Waals surface area contributed by atoms with Gasteiger partial charge in [0.2, 0.25) is 17.6 Å². The minimum atomic E-state index is -0.340. The summed E-state index contributed by atoms with van der Waals surface area (Å²) >= 11 is 0. The molecule has 0 spiro atoms. The first-order valence-electron chi connectivity index (χ1n) is 8.84. The van der Waals surface area contributed by atoms with Crippen molar-refractivity contribution in [2.24, 2.45) is 0 Å². The molecule has 146 valence electrons. The van der Waals surface area contributed by atoms with Gasteiger partial charge in [0, 0.05) is 18.9 Å². The maximum absolute atomic E-state index is 12.3. The van der Waals surface area contributed by atoms with Crippen LogP contribution in [0.15, 0.2) is 51.6 Å². The summed E-state index contributed by atoms with van der Waals surface area (Å²) in [6.45, 7) is 3.73. The van der Waals surface area contributed by atoms with E-state index in [2.05, 4.69) is 26.1 Å². The molecule has 0 fully saturated rings. The van der Waals surface area contributed by atoms with Crippen LogP contribution >= 0.6 is 0 Å². The number of aryl methyl sites for hydroxylation is 1. The van der Waals surface area contributed by atoms with Gasteiger partial charge in [-0.2, -0.15) is 4.98 Å². The largest absolute Gasteiger partial charge is 0.461 e. The van der Waals surface area contributed by atoms with Crippen LogP contribution in [0.3, 0.4) is 0 Å². The third kappa shape index (κ3) is 5.19. The van der Waals surface area contributed by atoms with E-state index in [1.165, 1.54) is 6.26 Å². The first-order valence-corrected chi connectivity index (χ1v) is 8.84. The molecule has 28 heavy (non-hydrogen) atoms. The van der Waals surface area contributed by atoms with E-state index in [4.69, 9.17) is 8.94 Å². The fraction of sp³-hybridized carbons (Fsp3) is 0.263. The van der Waals surface area contributed by atoms with E-state index in [0.29, 0.717) is 28.9 Å². The highest BCUT2D eigenvalue weighted by Crippen LogP contribution is 2.21. The van der Waals surface area contributed by atoms with Gasteiger partial charge in [-0.3, -0.25) is 4.79 Å². The smallest absolute Gasteiger partial charge is 0.319 e. The Morgan fingerprint density at radius 2 is 1.82 bits per heavy atom. The molecule has 0 saturated carbocycles. The lowest BCUT2D eigenvalue weighted by Gasteiger charge is -2.14.